The molecule has 0 aliphatic carbocycles. The highest BCUT2D eigenvalue weighted by molar-refractivity contribution is 5.86. The number of alkyl carbamates (subject to hydrolysis) is 1. The summed E-state index contributed by atoms with van der Waals surface area (Å²) >= 11 is 0. The molecule has 1 amide bonds. The largest absolute Gasteiger partial charge is 0.444 e. The minimum atomic E-state index is -0.515. The number of aryl methyl sites for hydroxylation is 1. The van der Waals surface area contributed by atoms with Crippen molar-refractivity contribution in [2.75, 3.05) is 13.1 Å². The lowest BCUT2D eigenvalue weighted by atomic mass is 9.80. The highest BCUT2D eigenvalue weighted by atomic mass is 16.6. The Bertz CT molecular complexity index is 743. The van der Waals surface area contributed by atoms with Gasteiger partial charge in [0.2, 0.25) is 0 Å². The summed E-state index contributed by atoms with van der Waals surface area (Å²) in [4.78, 5) is 12.0. The predicted octanol–water partition coefficient (Wildman–Crippen LogP) is 3.23. The van der Waals surface area contributed by atoms with Crippen LogP contribution in [0.4, 0.5) is 4.79 Å². The van der Waals surface area contributed by atoms with E-state index in [0.29, 0.717) is 13.1 Å². The van der Waals surface area contributed by atoms with Gasteiger partial charge in [-0.1, -0.05) is 25.1 Å². The van der Waals surface area contributed by atoms with Crippen LogP contribution in [0.25, 0.3) is 10.9 Å². The summed E-state index contributed by atoms with van der Waals surface area (Å²) in [6.45, 7) is 10.6. The molecule has 24 heavy (non-hydrogen) atoms. The first-order chi connectivity index (χ1) is 11.1. The molecule has 0 fully saturated rings. The highest BCUT2D eigenvalue weighted by Crippen LogP contribution is 2.34. The van der Waals surface area contributed by atoms with E-state index in [2.05, 4.69) is 42.9 Å². The zero-order valence-electron chi connectivity index (χ0n) is 15.6. The van der Waals surface area contributed by atoms with Crippen molar-refractivity contribution >= 4 is 17.0 Å². The van der Waals surface area contributed by atoms with E-state index in [1.807, 2.05) is 32.9 Å². The van der Waals surface area contributed by atoms with E-state index in [4.69, 9.17) is 10.5 Å². The van der Waals surface area contributed by atoms with Crippen LogP contribution in [0.2, 0.25) is 0 Å². The van der Waals surface area contributed by atoms with Gasteiger partial charge in [-0.2, -0.15) is 0 Å². The van der Waals surface area contributed by atoms with Crippen LogP contribution >= 0.6 is 0 Å². The molecule has 3 N–H and O–H groups in total. The molecule has 132 valence electrons. The van der Waals surface area contributed by atoms with Crippen molar-refractivity contribution in [2.24, 2.45) is 12.8 Å². The Morgan fingerprint density at radius 3 is 2.46 bits per heavy atom. The maximum absolute atomic E-state index is 12.0. The second kappa shape index (κ2) is 6.48. The summed E-state index contributed by atoms with van der Waals surface area (Å²) in [6, 6.07) is 8.27. The molecule has 2 aromatic rings. The minimum Gasteiger partial charge on any atom is -0.444 e. The third kappa shape index (κ3) is 3.56. The van der Waals surface area contributed by atoms with E-state index >= 15 is 0 Å². The number of rotatable bonds is 4. The Balaban J connectivity index is 2.34. The van der Waals surface area contributed by atoms with Crippen LogP contribution in [-0.2, 0) is 17.2 Å². The van der Waals surface area contributed by atoms with Gasteiger partial charge in [-0.25, -0.2) is 4.79 Å². The number of para-hydroxylation sites is 1. The molecule has 0 aliphatic heterocycles. The summed E-state index contributed by atoms with van der Waals surface area (Å²) < 4.78 is 7.51. The summed E-state index contributed by atoms with van der Waals surface area (Å²) in [7, 11) is 2.05. The molecule has 1 aromatic heterocycles. The first kappa shape index (κ1) is 18.3. The predicted molar refractivity (Wildman–Crippen MR) is 98.3 cm³/mol. The van der Waals surface area contributed by atoms with Gasteiger partial charge in [0.25, 0.3) is 0 Å². The molecule has 0 radical (unpaired) electrons. The fraction of sp³-hybridized carbons (Fsp3) is 0.526. The van der Waals surface area contributed by atoms with E-state index in [0.717, 1.165) is 5.69 Å². The number of carbonyl (C=O) groups is 1. The maximum atomic E-state index is 12.0. The van der Waals surface area contributed by atoms with Crippen molar-refractivity contribution in [1.29, 1.82) is 0 Å². The second-order valence-corrected chi connectivity index (χ2v) is 7.66. The topological polar surface area (TPSA) is 69.3 Å². The van der Waals surface area contributed by atoms with Crippen molar-refractivity contribution in [1.82, 2.24) is 9.88 Å². The van der Waals surface area contributed by atoms with E-state index < -0.39 is 11.7 Å². The molecule has 0 spiro atoms. The van der Waals surface area contributed by atoms with Crippen molar-refractivity contribution in [3.05, 3.63) is 35.5 Å². The van der Waals surface area contributed by atoms with Gasteiger partial charge in [0.15, 0.2) is 0 Å². The van der Waals surface area contributed by atoms with Gasteiger partial charge in [0, 0.05) is 42.1 Å². The summed E-state index contributed by atoms with van der Waals surface area (Å²) in [6.07, 6.45) is -0.417. The van der Waals surface area contributed by atoms with Crippen molar-refractivity contribution < 1.29 is 9.53 Å². The maximum Gasteiger partial charge on any atom is 0.407 e. The quantitative estimate of drug-likeness (QED) is 0.904. The number of nitrogens with zero attached hydrogens (tertiary/aromatic N) is 1. The Labute approximate surface area is 144 Å². The van der Waals surface area contributed by atoms with Crippen LogP contribution in [0, 0.1) is 6.92 Å². The molecular weight excluding hydrogens is 302 g/mol. The van der Waals surface area contributed by atoms with Crippen LogP contribution in [0.3, 0.4) is 0 Å². The molecule has 0 aliphatic rings. The molecule has 1 aromatic carbocycles. The normalized spacial score (nSPS) is 14.5. The third-order valence-corrected chi connectivity index (χ3v) is 4.48. The van der Waals surface area contributed by atoms with E-state index in [1.54, 1.807) is 0 Å². The lowest BCUT2D eigenvalue weighted by Gasteiger charge is -2.30. The van der Waals surface area contributed by atoms with Crippen molar-refractivity contribution in [3.8, 4) is 0 Å². The first-order valence-electron chi connectivity index (χ1n) is 8.30. The second-order valence-electron chi connectivity index (χ2n) is 7.66. The highest BCUT2D eigenvalue weighted by Gasteiger charge is 2.32. The number of ether oxygens (including phenoxy) is 1. The van der Waals surface area contributed by atoms with E-state index in [-0.39, 0.29) is 5.41 Å². The molecule has 0 bridgehead atoms. The van der Waals surface area contributed by atoms with Crippen LogP contribution in [0.1, 0.15) is 39.0 Å². The number of hydrogen-bond acceptors (Lipinski definition) is 3. The van der Waals surface area contributed by atoms with Crippen LogP contribution in [0.15, 0.2) is 24.3 Å². The Morgan fingerprint density at radius 1 is 1.25 bits per heavy atom. The molecule has 5 nitrogen and oxygen atoms in total. The summed E-state index contributed by atoms with van der Waals surface area (Å²) in [5, 5.41) is 4.06. The van der Waals surface area contributed by atoms with Gasteiger partial charge in [-0.05, 0) is 39.3 Å². The van der Waals surface area contributed by atoms with Crippen molar-refractivity contribution in [2.45, 2.75) is 45.6 Å². The molecule has 1 unspecified atom stereocenters. The number of benzene rings is 1. The van der Waals surface area contributed by atoms with Gasteiger partial charge in [0.05, 0.1) is 0 Å². The monoisotopic (exact) mass is 331 g/mol. The number of amides is 1. The standard InChI is InChI=1S/C19H29N3O2/c1-13-16(14-9-7-8-10-15(14)22(13)6)19(5,11-20)12-21-17(23)24-18(2,3)4/h7-10H,11-12,20H2,1-6H3,(H,21,23). The van der Waals surface area contributed by atoms with Gasteiger partial charge in [0.1, 0.15) is 5.60 Å². The number of nitrogens with two attached hydrogens (primary N) is 1. The SMILES string of the molecule is Cc1c(C(C)(CN)CNC(=O)OC(C)(C)C)c2ccccc2n1C. The number of fused-ring (bicyclic) bond motifs is 1. The van der Waals surface area contributed by atoms with Gasteiger partial charge < -0.3 is 20.4 Å². The number of nitrogens with one attached hydrogen (secondary N) is 1. The van der Waals surface area contributed by atoms with Gasteiger partial charge in [-0.15, -0.1) is 0 Å². The lowest BCUT2D eigenvalue weighted by Crippen LogP contribution is -2.45. The molecule has 0 saturated heterocycles. The molecule has 2 rings (SSSR count). The van der Waals surface area contributed by atoms with Gasteiger partial charge in [-0.3, -0.25) is 0 Å². The Morgan fingerprint density at radius 2 is 1.88 bits per heavy atom. The summed E-state index contributed by atoms with van der Waals surface area (Å²) in [5.41, 5.74) is 8.74. The fourth-order valence-electron chi connectivity index (χ4n) is 3.13. The average molecular weight is 331 g/mol. The Hall–Kier alpha value is -2.01. The van der Waals surface area contributed by atoms with Crippen molar-refractivity contribution in [3.63, 3.8) is 0 Å². The first-order valence-corrected chi connectivity index (χ1v) is 8.30. The molecule has 0 saturated carbocycles. The molecule has 1 atom stereocenters. The van der Waals surface area contributed by atoms with E-state index in [1.165, 1.54) is 16.5 Å². The van der Waals surface area contributed by atoms with Crippen LogP contribution in [-0.4, -0.2) is 29.4 Å². The number of hydrogen-bond donors (Lipinski definition) is 2. The molecular formula is C19H29N3O2. The minimum absolute atomic E-state index is 0.373. The molecule has 1 heterocycles. The number of carbonyl (C=O) groups excluding carboxylic acids is 1. The smallest absolute Gasteiger partial charge is 0.407 e. The van der Waals surface area contributed by atoms with Gasteiger partial charge >= 0.3 is 6.09 Å². The zero-order valence-corrected chi connectivity index (χ0v) is 15.6. The summed E-state index contributed by atoms with van der Waals surface area (Å²) in [5.74, 6) is 0. The number of aromatic nitrogens is 1. The lowest BCUT2D eigenvalue weighted by molar-refractivity contribution is 0.0516. The average Bonchev–Trinajstić information content (AvgIpc) is 2.76. The van der Waals surface area contributed by atoms with Crippen LogP contribution < -0.4 is 11.1 Å². The third-order valence-electron chi connectivity index (χ3n) is 4.48. The molecule has 5 heteroatoms. The van der Waals surface area contributed by atoms with Crippen LogP contribution in [0.5, 0.6) is 0 Å². The fourth-order valence-corrected chi connectivity index (χ4v) is 3.13. The van der Waals surface area contributed by atoms with E-state index in [9.17, 15) is 4.79 Å². The zero-order chi connectivity index (χ0) is 18.1. The Kier molecular flexibility index (Phi) is 4.95.